The molecule has 1 heterocycles. The number of carboxylic acid groups (broad SMARTS) is 1. The summed E-state index contributed by atoms with van der Waals surface area (Å²) in [4.78, 5) is 23.5. The van der Waals surface area contributed by atoms with Gasteiger partial charge in [-0.2, -0.15) is 5.10 Å². The third-order valence-electron chi connectivity index (χ3n) is 4.68. The maximum Gasteiger partial charge on any atom is 0.243 e. The third-order valence-corrected chi connectivity index (χ3v) is 4.93. The number of carbonyl (C=O) groups excluding carboxylic acids is 2. The van der Waals surface area contributed by atoms with Crippen molar-refractivity contribution in [3.05, 3.63) is 58.6 Å². The predicted octanol–water partition coefficient (Wildman–Crippen LogP) is 2.57. The topological polar surface area (TPSA) is 91.3 Å². The van der Waals surface area contributed by atoms with E-state index in [-0.39, 0.29) is 12.8 Å². The molecule has 0 unspecified atom stereocenters. The number of rotatable bonds is 7. The van der Waals surface area contributed by atoms with Crippen LogP contribution in [-0.2, 0) is 9.59 Å². The van der Waals surface area contributed by atoms with Gasteiger partial charge in [0.25, 0.3) is 0 Å². The summed E-state index contributed by atoms with van der Waals surface area (Å²) in [6.45, 7) is 0. The van der Waals surface area contributed by atoms with Gasteiger partial charge in [0.1, 0.15) is 0 Å². The minimum Gasteiger partial charge on any atom is -0.550 e. The summed E-state index contributed by atoms with van der Waals surface area (Å²) in [5, 5.41) is 17.2. The van der Waals surface area contributed by atoms with Crippen LogP contribution in [0.5, 0.6) is 11.5 Å². The highest BCUT2D eigenvalue weighted by molar-refractivity contribution is 6.30. The Morgan fingerprint density at radius 1 is 1.10 bits per heavy atom. The molecule has 1 atom stereocenters. The molecule has 1 amide bonds. The van der Waals surface area contributed by atoms with Crippen molar-refractivity contribution in [2.24, 2.45) is 5.10 Å². The molecule has 0 aromatic heterocycles. The van der Waals surface area contributed by atoms with E-state index in [1.54, 1.807) is 31.4 Å². The Balaban J connectivity index is 1.94. The average Bonchev–Trinajstić information content (AvgIpc) is 3.17. The molecule has 2 aromatic rings. The molecule has 0 radical (unpaired) electrons. The van der Waals surface area contributed by atoms with E-state index < -0.39 is 17.9 Å². The maximum atomic E-state index is 12.7. The summed E-state index contributed by atoms with van der Waals surface area (Å²) < 4.78 is 10.6. The van der Waals surface area contributed by atoms with Gasteiger partial charge < -0.3 is 19.4 Å². The summed E-state index contributed by atoms with van der Waals surface area (Å²) in [5.74, 6) is -0.560. The Hall–Kier alpha value is -3.06. The summed E-state index contributed by atoms with van der Waals surface area (Å²) in [7, 11) is 3.08. The van der Waals surface area contributed by atoms with Crippen LogP contribution in [0.2, 0.25) is 5.02 Å². The number of methoxy groups -OCH3 is 2. The Bertz CT molecular complexity index is 943. The lowest BCUT2D eigenvalue weighted by Gasteiger charge is -2.23. The third kappa shape index (κ3) is 4.68. The largest absolute Gasteiger partial charge is 0.550 e. The molecule has 0 fully saturated rings. The zero-order valence-corrected chi connectivity index (χ0v) is 16.8. The van der Waals surface area contributed by atoms with E-state index in [2.05, 4.69) is 5.10 Å². The minimum atomic E-state index is -1.28. The van der Waals surface area contributed by atoms with Crippen LogP contribution in [0.15, 0.2) is 47.6 Å². The summed E-state index contributed by atoms with van der Waals surface area (Å²) in [6, 6.07) is 12.2. The first-order valence-electron chi connectivity index (χ1n) is 9.00. The van der Waals surface area contributed by atoms with Crippen molar-refractivity contribution in [1.82, 2.24) is 5.01 Å². The fourth-order valence-electron chi connectivity index (χ4n) is 3.20. The van der Waals surface area contributed by atoms with E-state index in [0.29, 0.717) is 28.7 Å². The van der Waals surface area contributed by atoms with Gasteiger partial charge in [-0.3, -0.25) is 4.79 Å². The van der Waals surface area contributed by atoms with Gasteiger partial charge in [-0.15, -0.1) is 0 Å². The zero-order chi connectivity index (χ0) is 21.0. The van der Waals surface area contributed by atoms with Gasteiger partial charge >= 0.3 is 0 Å². The Labute approximate surface area is 173 Å². The van der Waals surface area contributed by atoms with Crippen molar-refractivity contribution >= 4 is 29.2 Å². The monoisotopic (exact) mass is 415 g/mol. The summed E-state index contributed by atoms with van der Waals surface area (Å²) in [5.41, 5.74) is 2.36. The molecular weight excluding hydrogens is 396 g/mol. The smallest absolute Gasteiger partial charge is 0.243 e. The van der Waals surface area contributed by atoms with E-state index in [9.17, 15) is 14.7 Å². The van der Waals surface area contributed by atoms with Crippen molar-refractivity contribution in [1.29, 1.82) is 0 Å². The zero-order valence-electron chi connectivity index (χ0n) is 16.1. The van der Waals surface area contributed by atoms with E-state index in [1.165, 1.54) is 12.1 Å². The molecule has 0 bridgehead atoms. The lowest BCUT2D eigenvalue weighted by molar-refractivity contribution is -0.305. The van der Waals surface area contributed by atoms with Gasteiger partial charge in [-0.25, -0.2) is 5.01 Å². The van der Waals surface area contributed by atoms with Crippen molar-refractivity contribution in [3.8, 4) is 11.5 Å². The SMILES string of the molecule is COc1ccc([C@@H]2CC(c3ccc(Cl)cc3)=NN2C(=O)CCC(=O)[O-])cc1OC. The minimum absolute atomic E-state index is 0.191. The molecule has 1 aliphatic heterocycles. The molecule has 152 valence electrons. The van der Waals surface area contributed by atoms with Crippen molar-refractivity contribution < 1.29 is 24.2 Å². The highest BCUT2D eigenvalue weighted by Crippen LogP contribution is 2.37. The molecule has 29 heavy (non-hydrogen) atoms. The Morgan fingerprint density at radius 2 is 1.79 bits per heavy atom. The second-order valence-electron chi connectivity index (χ2n) is 6.50. The highest BCUT2D eigenvalue weighted by atomic mass is 35.5. The molecule has 0 saturated heterocycles. The number of hydrogen-bond donors (Lipinski definition) is 0. The Morgan fingerprint density at radius 3 is 2.41 bits per heavy atom. The number of aliphatic carboxylic acids is 1. The van der Waals surface area contributed by atoms with Crippen LogP contribution in [0.1, 0.15) is 36.4 Å². The van der Waals surface area contributed by atoms with Crippen LogP contribution in [0.25, 0.3) is 0 Å². The molecular formula is C21H20ClN2O5-. The number of hydrazone groups is 1. The van der Waals surface area contributed by atoms with Gasteiger partial charge in [0.15, 0.2) is 11.5 Å². The first-order chi connectivity index (χ1) is 13.9. The molecule has 1 aliphatic rings. The molecule has 2 aromatic carbocycles. The summed E-state index contributed by atoms with van der Waals surface area (Å²) in [6.07, 6.45) is -0.0858. The van der Waals surface area contributed by atoms with Crippen LogP contribution < -0.4 is 14.6 Å². The average molecular weight is 416 g/mol. The van der Waals surface area contributed by atoms with Gasteiger partial charge in [0.05, 0.1) is 26.0 Å². The first-order valence-corrected chi connectivity index (χ1v) is 9.38. The number of ether oxygens (including phenoxy) is 2. The number of benzene rings is 2. The number of amides is 1. The van der Waals surface area contributed by atoms with Gasteiger partial charge in [0, 0.05) is 23.8 Å². The second-order valence-corrected chi connectivity index (χ2v) is 6.93. The lowest BCUT2D eigenvalue weighted by Crippen LogP contribution is -2.29. The molecule has 7 nitrogen and oxygen atoms in total. The quantitative estimate of drug-likeness (QED) is 0.693. The first kappa shape index (κ1) is 20.7. The number of hydrogen-bond acceptors (Lipinski definition) is 6. The molecule has 3 rings (SSSR count). The van der Waals surface area contributed by atoms with Gasteiger partial charge in [-0.1, -0.05) is 29.8 Å². The highest BCUT2D eigenvalue weighted by Gasteiger charge is 2.33. The number of carboxylic acids is 1. The lowest BCUT2D eigenvalue weighted by atomic mass is 9.98. The standard InChI is InChI=1S/C21H21ClN2O5/c1-28-18-8-5-14(11-19(18)29-2)17-12-16(13-3-6-15(22)7-4-13)23-24(17)20(25)9-10-21(26)27/h3-8,11,17H,9-10,12H2,1-2H3,(H,26,27)/p-1/t17-/m0/s1. The van der Waals surface area contributed by atoms with E-state index in [0.717, 1.165) is 11.1 Å². The number of nitrogens with zero attached hydrogens (tertiary/aromatic N) is 2. The molecule has 8 heteroatoms. The number of halogens is 1. The maximum absolute atomic E-state index is 12.7. The molecule has 0 spiro atoms. The van der Waals surface area contributed by atoms with Crippen LogP contribution in [0.3, 0.4) is 0 Å². The summed E-state index contributed by atoms with van der Waals surface area (Å²) >= 11 is 5.96. The fourth-order valence-corrected chi connectivity index (χ4v) is 3.33. The van der Waals surface area contributed by atoms with Crippen LogP contribution >= 0.6 is 11.6 Å². The normalized spacial score (nSPS) is 15.8. The second kappa shape index (κ2) is 8.96. The Kier molecular flexibility index (Phi) is 6.39. The van der Waals surface area contributed by atoms with Crippen molar-refractivity contribution in [2.75, 3.05) is 14.2 Å². The van der Waals surface area contributed by atoms with Gasteiger partial charge in [-0.05, 0) is 41.8 Å². The van der Waals surface area contributed by atoms with Crippen molar-refractivity contribution in [3.63, 3.8) is 0 Å². The van der Waals surface area contributed by atoms with Crippen LogP contribution in [0, 0.1) is 0 Å². The van der Waals surface area contributed by atoms with E-state index >= 15 is 0 Å². The van der Waals surface area contributed by atoms with E-state index in [1.807, 2.05) is 18.2 Å². The van der Waals surface area contributed by atoms with Crippen molar-refractivity contribution in [2.45, 2.75) is 25.3 Å². The van der Waals surface area contributed by atoms with E-state index in [4.69, 9.17) is 21.1 Å². The molecule has 0 saturated carbocycles. The number of carbonyl (C=O) groups is 2. The molecule has 0 aliphatic carbocycles. The molecule has 0 N–H and O–H groups in total. The predicted molar refractivity (Wildman–Crippen MR) is 106 cm³/mol. The van der Waals surface area contributed by atoms with Crippen LogP contribution in [-0.4, -0.2) is 36.8 Å². The van der Waals surface area contributed by atoms with Gasteiger partial charge in [0.2, 0.25) is 5.91 Å². The fraction of sp³-hybridized carbons (Fsp3) is 0.286. The van der Waals surface area contributed by atoms with Crippen LogP contribution in [0.4, 0.5) is 0 Å².